The van der Waals surface area contributed by atoms with Crippen LogP contribution in [0.1, 0.15) is 124 Å². The van der Waals surface area contributed by atoms with E-state index in [1.807, 2.05) is 0 Å². The van der Waals surface area contributed by atoms with Crippen LogP contribution >= 0.6 is 0 Å². The number of benzene rings is 8. The van der Waals surface area contributed by atoms with E-state index in [9.17, 15) is 0 Å². The summed E-state index contributed by atoms with van der Waals surface area (Å²) >= 11 is 0. The Kier molecular flexibility index (Phi) is 11.5. The van der Waals surface area contributed by atoms with Crippen LogP contribution < -0.4 is 26.2 Å². The van der Waals surface area contributed by atoms with Gasteiger partial charge in [0, 0.05) is 22.7 Å². The summed E-state index contributed by atoms with van der Waals surface area (Å²) in [6, 6.07) is 52.1. The summed E-state index contributed by atoms with van der Waals surface area (Å²) in [4.78, 5) is 5.33. The maximum absolute atomic E-state index is 2.68. The van der Waals surface area contributed by atoms with Gasteiger partial charge in [0.2, 0.25) is 0 Å². The lowest BCUT2D eigenvalue weighted by molar-refractivity contribution is 0.590. The molecule has 71 heavy (non-hydrogen) atoms. The zero-order chi connectivity index (χ0) is 50.8. The Morgan fingerprint density at radius 3 is 1.39 bits per heavy atom. The van der Waals surface area contributed by atoms with Gasteiger partial charge < -0.3 is 9.80 Å². The van der Waals surface area contributed by atoms with Gasteiger partial charge in [0.15, 0.2) is 0 Å². The molecule has 2 aliphatic rings. The van der Waals surface area contributed by atoms with Gasteiger partial charge in [-0.2, -0.15) is 0 Å². The molecule has 3 heteroatoms. The quantitative estimate of drug-likeness (QED) is 0.159. The highest BCUT2D eigenvalue weighted by molar-refractivity contribution is 7.00. The Morgan fingerprint density at radius 1 is 0.324 bits per heavy atom. The molecule has 0 N–H and O–H groups in total. The molecule has 358 valence electrons. The number of fused-ring (bicyclic) bond motifs is 4. The van der Waals surface area contributed by atoms with E-state index in [-0.39, 0.29) is 23.0 Å². The molecular formula is C68H73BN2. The molecule has 0 spiro atoms. The monoisotopic (exact) mass is 929 g/mol. The molecule has 8 aromatic rings. The average Bonchev–Trinajstić information content (AvgIpc) is 3.29. The van der Waals surface area contributed by atoms with Crippen molar-refractivity contribution in [2.24, 2.45) is 0 Å². The van der Waals surface area contributed by atoms with Crippen LogP contribution in [-0.4, -0.2) is 6.71 Å². The first-order chi connectivity index (χ1) is 33.4. The van der Waals surface area contributed by atoms with Gasteiger partial charge in [0.05, 0.1) is 11.4 Å². The fourth-order valence-electron chi connectivity index (χ4n) is 11.9. The van der Waals surface area contributed by atoms with Gasteiger partial charge in [-0.05, 0) is 219 Å². The van der Waals surface area contributed by atoms with Gasteiger partial charge in [0.25, 0.3) is 6.71 Å². The Hall–Kier alpha value is -6.58. The van der Waals surface area contributed by atoms with E-state index in [4.69, 9.17) is 0 Å². The Morgan fingerprint density at radius 2 is 0.789 bits per heavy atom. The van der Waals surface area contributed by atoms with Crippen molar-refractivity contribution in [1.29, 1.82) is 0 Å². The summed E-state index contributed by atoms with van der Waals surface area (Å²) < 4.78 is 0. The number of hydrogen-bond donors (Lipinski definition) is 0. The van der Waals surface area contributed by atoms with Crippen molar-refractivity contribution in [3.63, 3.8) is 0 Å². The van der Waals surface area contributed by atoms with Crippen molar-refractivity contribution in [3.05, 3.63) is 195 Å². The van der Waals surface area contributed by atoms with Crippen molar-refractivity contribution in [3.8, 4) is 33.4 Å². The smallest absolute Gasteiger partial charge is 0.252 e. The average molecular weight is 929 g/mol. The van der Waals surface area contributed by atoms with Gasteiger partial charge in [-0.3, -0.25) is 0 Å². The van der Waals surface area contributed by atoms with E-state index in [0.29, 0.717) is 0 Å². The fraction of sp³-hybridized carbons (Fsp3) is 0.294. The second-order valence-electron chi connectivity index (χ2n) is 24.3. The van der Waals surface area contributed by atoms with Crippen LogP contribution in [0.25, 0.3) is 33.4 Å². The molecule has 0 aromatic heterocycles. The molecular weight excluding hydrogens is 856 g/mol. The standard InChI is InChI=1S/C68H73BN2/c1-40-22-18-19-25-52(40)54-27-21-26-53(47(54)8)48-32-45(6)65(46(7)33-48)71-60-36-50(67(12,13)14)30-31-57(60)69-58-39-56(55-35-49(66(9,10)11)29-28-41(55)2)44(5)34-59(58)70(64-42(3)23-20-24-43(64)4)61-37-51(68(15,16)17)38-62(71)63(61)69/h18-39H,1-17H3. The first-order valence-corrected chi connectivity index (χ1v) is 26.0. The Balaban J connectivity index is 1.30. The summed E-state index contributed by atoms with van der Waals surface area (Å²) in [7, 11) is 0. The van der Waals surface area contributed by atoms with E-state index in [2.05, 4.69) is 261 Å². The fourth-order valence-corrected chi connectivity index (χ4v) is 11.9. The van der Waals surface area contributed by atoms with Crippen LogP contribution in [0.3, 0.4) is 0 Å². The molecule has 2 nitrogen and oxygen atoms in total. The van der Waals surface area contributed by atoms with Gasteiger partial charge in [0.1, 0.15) is 0 Å². The summed E-state index contributed by atoms with van der Waals surface area (Å²) in [6.07, 6.45) is 0. The number of nitrogens with zero attached hydrogens (tertiary/aromatic N) is 2. The van der Waals surface area contributed by atoms with Crippen molar-refractivity contribution in [1.82, 2.24) is 0 Å². The Bertz CT molecular complexity index is 3430. The molecule has 0 atom stereocenters. The lowest BCUT2D eigenvalue weighted by Gasteiger charge is -2.46. The van der Waals surface area contributed by atoms with E-state index in [0.717, 1.165) is 0 Å². The highest BCUT2D eigenvalue weighted by atomic mass is 15.2. The molecule has 0 saturated carbocycles. The van der Waals surface area contributed by atoms with Gasteiger partial charge in [-0.15, -0.1) is 0 Å². The molecule has 0 aliphatic carbocycles. The maximum Gasteiger partial charge on any atom is 0.252 e. The van der Waals surface area contributed by atoms with Gasteiger partial charge in [-0.1, -0.05) is 159 Å². The van der Waals surface area contributed by atoms with Crippen LogP contribution in [0.2, 0.25) is 0 Å². The lowest BCUT2D eigenvalue weighted by Crippen LogP contribution is -2.61. The second kappa shape index (κ2) is 17.0. The minimum Gasteiger partial charge on any atom is -0.311 e. The summed E-state index contributed by atoms with van der Waals surface area (Å²) in [6.45, 7) is 39.5. The number of hydrogen-bond acceptors (Lipinski definition) is 2. The van der Waals surface area contributed by atoms with Crippen molar-refractivity contribution >= 4 is 57.2 Å². The van der Waals surface area contributed by atoms with E-state index < -0.39 is 0 Å². The molecule has 2 heterocycles. The molecule has 2 aliphatic heterocycles. The minimum absolute atomic E-state index is 0.0120. The van der Waals surface area contributed by atoms with Gasteiger partial charge >= 0.3 is 0 Å². The highest BCUT2D eigenvalue weighted by Crippen LogP contribution is 2.50. The highest BCUT2D eigenvalue weighted by Gasteiger charge is 2.45. The third kappa shape index (κ3) is 8.05. The molecule has 10 rings (SSSR count). The molecule has 8 aromatic carbocycles. The van der Waals surface area contributed by atoms with Crippen LogP contribution in [0, 0.1) is 55.4 Å². The predicted octanol–water partition coefficient (Wildman–Crippen LogP) is 17.1. The summed E-state index contributed by atoms with van der Waals surface area (Å²) in [5.41, 5.74) is 33.5. The first-order valence-electron chi connectivity index (χ1n) is 26.0. The zero-order valence-electron chi connectivity index (χ0n) is 45.7. The first kappa shape index (κ1) is 48.1. The normalized spacial score (nSPS) is 13.3. The van der Waals surface area contributed by atoms with E-state index >= 15 is 0 Å². The van der Waals surface area contributed by atoms with Crippen molar-refractivity contribution < 1.29 is 0 Å². The van der Waals surface area contributed by atoms with E-state index in [1.165, 1.54) is 145 Å². The maximum atomic E-state index is 2.68. The zero-order valence-corrected chi connectivity index (χ0v) is 45.7. The third-order valence-electron chi connectivity index (χ3n) is 16.0. The number of anilines is 6. The molecule has 0 radical (unpaired) electrons. The number of rotatable bonds is 5. The predicted molar refractivity (Wildman–Crippen MR) is 311 cm³/mol. The topological polar surface area (TPSA) is 6.48 Å². The summed E-state index contributed by atoms with van der Waals surface area (Å²) in [5, 5.41) is 0. The second-order valence-corrected chi connectivity index (χ2v) is 24.3. The van der Waals surface area contributed by atoms with Crippen molar-refractivity contribution in [2.75, 3.05) is 9.80 Å². The number of para-hydroxylation sites is 1. The molecule has 0 saturated heterocycles. The third-order valence-corrected chi connectivity index (χ3v) is 16.0. The molecule has 0 bridgehead atoms. The largest absolute Gasteiger partial charge is 0.311 e. The molecule has 0 unspecified atom stereocenters. The SMILES string of the molecule is Cc1ccc(C(C)(C)C)cc1-c1cc2c(cc1C)N(c1c(C)cccc1C)c1cc(C(C)(C)C)cc3c1B2c1ccc(C(C)(C)C)cc1N3c1c(C)cc(-c2cccc(-c3ccccc3C)c2C)cc1C. The van der Waals surface area contributed by atoms with Crippen LogP contribution in [0.5, 0.6) is 0 Å². The van der Waals surface area contributed by atoms with Crippen LogP contribution in [-0.2, 0) is 16.2 Å². The molecule has 0 fully saturated rings. The van der Waals surface area contributed by atoms with Crippen LogP contribution in [0.15, 0.2) is 133 Å². The van der Waals surface area contributed by atoms with E-state index in [1.54, 1.807) is 0 Å². The number of aryl methyl sites for hydroxylation is 7. The Labute approximate surface area is 426 Å². The molecule has 0 amide bonds. The van der Waals surface area contributed by atoms with Crippen LogP contribution in [0.4, 0.5) is 34.1 Å². The van der Waals surface area contributed by atoms with Crippen molar-refractivity contribution in [2.45, 2.75) is 134 Å². The minimum atomic E-state index is -0.129. The summed E-state index contributed by atoms with van der Waals surface area (Å²) in [5.74, 6) is 0. The van der Waals surface area contributed by atoms with Gasteiger partial charge in [-0.25, -0.2) is 0 Å². The lowest BCUT2D eigenvalue weighted by atomic mass is 9.33.